The molecule has 7 nitrogen and oxygen atoms in total. The number of ether oxygens (including phenoxy) is 2. The summed E-state index contributed by atoms with van der Waals surface area (Å²) in [6.07, 6.45) is 4.11. The number of hydrogen-bond donors (Lipinski definition) is 1. The van der Waals surface area contributed by atoms with Gasteiger partial charge >= 0.3 is 0 Å². The van der Waals surface area contributed by atoms with E-state index in [1.54, 1.807) is 25.3 Å². The maximum absolute atomic E-state index is 12.0. The first kappa shape index (κ1) is 19.5. The van der Waals surface area contributed by atoms with Crippen molar-refractivity contribution >= 4 is 15.9 Å². The van der Waals surface area contributed by atoms with Gasteiger partial charge in [0, 0.05) is 25.6 Å². The number of nitrogens with one attached hydrogen (secondary N) is 1. The number of carbonyl (C=O) groups excluding carboxylic acids is 1. The second-order valence-corrected chi connectivity index (χ2v) is 8.19. The molecule has 0 aliphatic heterocycles. The molecule has 0 spiro atoms. The third-order valence-electron chi connectivity index (χ3n) is 4.41. The lowest BCUT2D eigenvalue weighted by Crippen LogP contribution is -2.40. The fourth-order valence-electron chi connectivity index (χ4n) is 2.66. The minimum atomic E-state index is -3.40. The fraction of sp³-hybridized carbons (Fsp3) is 0.588. The van der Waals surface area contributed by atoms with Crippen LogP contribution in [0.25, 0.3) is 0 Å². The van der Waals surface area contributed by atoms with E-state index in [1.165, 1.54) is 17.7 Å². The summed E-state index contributed by atoms with van der Waals surface area (Å²) < 4.78 is 35.9. The van der Waals surface area contributed by atoms with Gasteiger partial charge in [-0.1, -0.05) is 12.5 Å². The molecule has 0 unspecified atom stereocenters. The van der Waals surface area contributed by atoms with Gasteiger partial charge in [-0.15, -0.1) is 0 Å². The molecule has 1 aliphatic rings. The van der Waals surface area contributed by atoms with Crippen molar-refractivity contribution in [2.45, 2.75) is 25.8 Å². The monoisotopic (exact) mass is 370 g/mol. The Hall–Kier alpha value is -1.80. The van der Waals surface area contributed by atoms with Gasteiger partial charge in [-0.2, -0.15) is 4.31 Å². The van der Waals surface area contributed by atoms with Crippen LogP contribution in [0.3, 0.4) is 0 Å². The highest BCUT2D eigenvalue weighted by Gasteiger charge is 2.25. The molecule has 1 amide bonds. The van der Waals surface area contributed by atoms with E-state index in [9.17, 15) is 13.2 Å². The molecule has 1 aromatic rings. The summed E-state index contributed by atoms with van der Waals surface area (Å²) in [5.41, 5.74) is 0.786. The highest BCUT2D eigenvalue weighted by molar-refractivity contribution is 7.88. The number of amides is 1. The summed E-state index contributed by atoms with van der Waals surface area (Å²) in [6, 6.07) is 5.30. The second kappa shape index (κ2) is 8.53. The van der Waals surface area contributed by atoms with E-state index < -0.39 is 10.0 Å². The molecule has 1 aromatic carbocycles. The van der Waals surface area contributed by atoms with Gasteiger partial charge in [0.15, 0.2) is 11.5 Å². The molecule has 0 atom stereocenters. The largest absolute Gasteiger partial charge is 0.493 e. The number of methoxy groups -OCH3 is 2. The maximum Gasteiger partial charge on any atom is 0.223 e. The van der Waals surface area contributed by atoms with E-state index >= 15 is 0 Å². The smallest absolute Gasteiger partial charge is 0.223 e. The Morgan fingerprint density at radius 3 is 2.44 bits per heavy atom. The van der Waals surface area contributed by atoms with Crippen molar-refractivity contribution in [3.63, 3.8) is 0 Å². The van der Waals surface area contributed by atoms with Gasteiger partial charge in [0.2, 0.25) is 15.9 Å². The summed E-state index contributed by atoms with van der Waals surface area (Å²) in [4.78, 5) is 11.9. The Morgan fingerprint density at radius 1 is 1.24 bits per heavy atom. The van der Waals surface area contributed by atoms with Crippen LogP contribution in [0.2, 0.25) is 0 Å². The lowest BCUT2D eigenvalue weighted by Gasteiger charge is -2.25. The Labute approximate surface area is 149 Å². The van der Waals surface area contributed by atoms with Crippen molar-refractivity contribution in [2.24, 2.45) is 5.92 Å². The zero-order valence-electron chi connectivity index (χ0n) is 14.9. The lowest BCUT2D eigenvalue weighted by molar-refractivity contribution is -0.127. The lowest BCUT2D eigenvalue weighted by atomic mass is 9.85. The Bertz CT molecular complexity index is 701. The molecule has 8 heteroatoms. The van der Waals surface area contributed by atoms with E-state index in [4.69, 9.17) is 9.47 Å². The van der Waals surface area contributed by atoms with Crippen LogP contribution in [-0.2, 0) is 21.4 Å². The third kappa shape index (κ3) is 5.34. The number of nitrogens with zero attached hydrogens (tertiary/aromatic N) is 1. The maximum atomic E-state index is 12.0. The van der Waals surface area contributed by atoms with Crippen LogP contribution in [0.4, 0.5) is 0 Å². The van der Waals surface area contributed by atoms with Crippen molar-refractivity contribution in [1.29, 1.82) is 0 Å². The average molecular weight is 370 g/mol. The highest BCUT2D eigenvalue weighted by atomic mass is 32.2. The van der Waals surface area contributed by atoms with E-state index in [2.05, 4.69) is 5.32 Å². The predicted molar refractivity (Wildman–Crippen MR) is 95.2 cm³/mol. The SMILES string of the molecule is COc1ccc(CN(CCNC(=O)C2CCC2)S(C)(=O)=O)cc1OC. The van der Waals surface area contributed by atoms with Crippen LogP contribution in [-0.4, -0.2) is 52.2 Å². The molecular formula is C17H26N2O5S. The minimum absolute atomic E-state index is 0.0193. The zero-order valence-corrected chi connectivity index (χ0v) is 15.8. The standard InChI is InChI=1S/C17H26N2O5S/c1-23-15-8-7-13(11-16(15)24-2)12-19(25(3,21)22)10-9-18-17(20)14-5-4-6-14/h7-8,11,14H,4-6,9-10,12H2,1-3H3,(H,18,20). The van der Waals surface area contributed by atoms with Crippen molar-refractivity contribution < 1.29 is 22.7 Å². The quantitative estimate of drug-likeness (QED) is 0.710. The first-order valence-electron chi connectivity index (χ1n) is 8.29. The topological polar surface area (TPSA) is 84.9 Å². The Morgan fingerprint density at radius 2 is 1.92 bits per heavy atom. The van der Waals surface area contributed by atoms with E-state index in [1.807, 2.05) is 0 Å². The van der Waals surface area contributed by atoms with Crippen molar-refractivity contribution in [3.8, 4) is 11.5 Å². The second-order valence-electron chi connectivity index (χ2n) is 6.20. The van der Waals surface area contributed by atoms with Crippen LogP contribution >= 0.6 is 0 Å². The minimum Gasteiger partial charge on any atom is -0.493 e. The zero-order chi connectivity index (χ0) is 18.4. The summed E-state index contributed by atoms with van der Waals surface area (Å²) in [5, 5.41) is 2.82. The van der Waals surface area contributed by atoms with Gasteiger partial charge < -0.3 is 14.8 Å². The van der Waals surface area contributed by atoms with E-state index in [-0.39, 0.29) is 24.9 Å². The summed E-state index contributed by atoms with van der Waals surface area (Å²) in [7, 11) is -0.318. The van der Waals surface area contributed by atoms with E-state index in [0.717, 1.165) is 24.8 Å². The predicted octanol–water partition coefficient (Wildman–Crippen LogP) is 1.38. The average Bonchev–Trinajstić information content (AvgIpc) is 2.51. The molecule has 1 fully saturated rings. The first-order valence-corrected chi connectivity index (χ1v) is 10.1. The number of benzene rings is 1. The molecule has 0 heterocycles. The molecule has 0 bridgehead atoms. The molecule has 0 aromatic heterocycles. The molecule has 1 N–H and O–H groups in total. The summed E-state index contributed by atoms with van der Waals surface area (Å²) in [6.45, 7) is 0.736. The highest BCUT2D eigenvalue weighted by Crippen LogP contribution is 2.28. The van der Waals surface area contributed by atoms with Crippen molar-refractivity contribution in [1.82, 2.24) is 9.62 Å². The molecular weight excluding hydrogens is 344 g/mol. The Balaban J connectivity index is 1.99. The van der Waals surface area contributed by atoms with Crippen LogP contribution in [0, 0.1) is 5.92 Å². The number of rotatable bonds is 9. The third-order valence-corrected chi connectivity index (χ3v) is 5.66. The number of carbonyl (C=O) groups is 1. The number of sulfonamides is 1. The van der Waals surface area contributed by atoms with Crippen LogP contribution < -0.4 is 14.8 Å². The van der Waals surface area contributed by atoms with Gasteiger partial charge in [-0.25, -0.2) is 8.42 Å². The molecule has 1 saturated carbocycles. The van der Waals surface area contributed by atoms with Crippen molar-refractivity contribution in [3.05, 3.63) is 23.8 Å². The molecule has 140 valence electrons. The van der Waals surface area contributed by atoms with Crippen LogP contribution in [0.1, 0.15) is 24.8 Å². The van der Waals surface area contributed by atoms with E-state index in [0.29, 0.717) is 18.0 Å². The van der Waals surface area contributed by atoms with Crippen molar-refractivity contribution in [2.75, 3.05) is 33.6 Å². The number of hydrogen-bond acceptors (Lipinski definition) is 5. The fourth-order valence-corrected chi connectivity index (χ4v) is 3.47. The van der Waals surface area contributed by atoms with Gasteiger partial charge in [0.05, 0.1) is 20.5 Å². The van der Waals surface area contributed by atoms with Crippen LogP contribution in [0.15, 0.2) is 18.2 Å². The summed E-state index contributed by atoms with van der Waals surface area (Å²) >= 11 is 0. The molecule has 0 radical (unpaired) electrons. The summed E-state index contributed by atoms with van der Waals surface area (Å²) in [5.74, 6) is 1.25. The van der Waals surface area contributed by atoms with Gasteiger partial charge in [-0.05, 0) is 30.5 Å². The van der Waals surface area contributed by atoms with Crippen LogP contribution in [0.5, 0.6) is 11.5 Å². The molecule has 2 rings (SSSR count). The van der Waals surface area contributed by atoms with Gasteiger partial charge in [0.1, 0.15) is 0 Å². The first-order chi connectivity index (χ1) is 11.8. The van der Waals surface area contributed by atoms with Gasteiger partial charge in [-0.3, -0.25) is 4.79 Å². The molecule has 1 aliphatic carbocycles. The Kier molecular flexibility index (Phi) is 6.66. The normalized spacial score (nSPS) is 14.9. The van der Waals surface area contributed by atoms with Gasteiger partial charge in [0.25, 0.3) is 0 Å². The molecule has 0 saturated heterocycles. The molecule has 25 heavy (non-hydrogen) atoms.